The Balaban J connectivity index is 1.48. The molecule has 0 spiro atoms. The van der Waals surface area contributed by atoms with Gasteiger partial charge in [0.05, 0.1) is 18.1 Å². The van der Waals surface area contributed by atoms with Crippen LogP contribution in [0.2, 0.25) is 0 Å². The van der Waals surface area contributed by atoms with Crippen LogP contribution in [-0.4, -0.2) is 57.2 Å². The molecule has 0 bridgehead atoms. The van der Waals surface area contributed by atoms with Crippen molar-refractivity contribution >= 4 is 11.7 Å². The van der Waals surface area contributed by atoms with Crippen molar-refractivity contribution in [2.75, 3.05) is 25.0 Å². The van der Waals surface area contributed by atoms with Gasteiger partial charge in [0.15, 0.2) is 0 Å². The number of fused-ring (bicyclic) bond motifs is 1. The Morgan fingerprint density at radius 3 is 2.88 bits per heavy atom. The van der Waals surface area contributed by atoms with Crippen molar-refractivity contribution in [2.24, 2.45) is 11.8 Å². The lowest BCUT2D eigenvalue weighted by molar-refractivity contribution is 0.0773. The first-order valence-corrected chi connectivity index (χ1v) is 8.43. The summed E-state index contributed by atoms with van der Waals surface area (Å²) in [6.07, 6.45) is 7.57. The second-order valence-corrected chi connectivity index (χ2v) is 6.88. The van der Waals surface area contributed by atoms with Crippen molar-refractivity contribution in [2.45, 2.75) is 25.8 Å². The number of amides is 1. The maximum absolute atomic E-state index is 12.5. The highest BCUT2D eigenvalue weighted by molar-refractivity contribution is 5.92. The van der Waals surface area contributed by atoms with Crippen LogP contribution in [0.1, 0.15) is 29.0 Å². The predicted octanol–water partition coefficient (Wildman–Crippen LogP) is 1.50. The number of nitrogens with one attached hydrogen (secondary N) is 1. The summed E-state index contributed by atoms with van der Waals surface area (Å²) >= 11 is 0. The first-order valence-electron chi connectivity index (χ1n) is 8.43. The number of anilines is 1. The molecule has 1 amide bonds. The molecule has 1 saturated heterocycles. The maximum atomic E-state index is 12.5. The van der Waals surface area contributed by atoms with Gasteiger partial charge in [0.25, 0.3) is 5.91 Å². The number of hydrogen-bond donors (Lipinski definition) is 1. The minimum absolute atomic E-state index is 0.0541. The van der Waals surface area contributed by atoms with E-state index in [1.54, 1.807) is 18.5 Å². The fourth-order valence-corrected chi connectivity index (χ4v) is 4.17. The van der Waals surface area contributed by atoms with Crippen LogP contribution >= 0.6 is 0 Å². The summed E-state index contributed by atoms with van der Waals surface area (Å²) < 4.78 is 0. The van der Waals surface area contributed by atoms with Crippen LogP contribution in [0.25, 0.3) is 0 Å². The number of aryl methyl sites for hydroxylation is 1. The van der Waals surface area contributed by atoms with Gasteiger partial charge < -0.3 is 9.80 Å². The summed E-state index contributed by atoms with van der Waals surface area (Å²) in [4.78, 5) is 25.6. The first-order chi connectivity index (χ1) is 11.6. The number of likely N-dealkylation sites (tertiary alicyclic amines) is 1. The molecule has 126 valence electrons. The van der Waals surface area contributed by atoms with Gasteiger partial charge in [0.1, 0.15) is 11.5 Å². The van der Waals surface area contributed by atoms with Gasteiger partial charge in [-0.3, -0.25) is 14.9 Å². The zero-order valence-corrected chi connectivity index (χ0v) is 14.0. The predicted molar refractivity (Wildman–Crippen MR) is 89.7 cm³/mol. The molecule has 2 aliphatic rings. The van der Waals surface area contributed by atoms with Crippen LogP contribution in [0.5, 0.6) is 0 Å². The van der Waals surface area contributed by atoms with Crippen LogP contribution in [0.3, 0.4) is 0 Å². The highest BCUT2D eigenvalue weighted by Gasteiger charge is 2.45. The molecule has 0 radical (unpaired) electrons. The Hall–Kier alpha value is -2.44. The van der Waals surface area contributed by atoms with E-state index in [9.17, 15) is 4.79 Å². The number of carbonyl (C=O) groups excluding carboxylic acids is 1. The van der Waals surface area contributed by atoms with Crippen LogP contribution in [0.15, 0.2) is 24.7 Å². The number of nitrogens with zero attached hydrogens (tertiary/aromatic N) is 5. The van der Waals surface area contributed by atoms with Crippen LogP contribution in [-0.2, 0) is 0 Å². The van der Waals surface area contributed by atoms with Gasteiger partial charge >= 0.3 is 0 Å². The topological polar surface area (TPSA) is 78.0 Å². The van der Waals surface area contributed by atoms with E-state index < -0.39 is 0 Å². The van der Waals surface area contributed by atoms with Crippen LogP contribution in [0, 0.1) is 18.8 Å². The van der Waals surface area contributed by atoms with E-state index in [1.807, 2.05) is 18.0 Å². The van der Waals surface area contributed by atoms with Gasteiger partial charge in [-0.05, 0) is 31.7 Å². The number of aromatic nitrogens is 4. The second kappa shape index (κ2) is 5.89. The van der Waals surface area contributed by atoms with E-state index in [1.165, 1.54) is 0 Å². The molecule has 1 aliphatic heterocycles. The molecule has 4 rings (SSSR count). The third-order valence-corrected chi connectivity index (χ3v) is 5.46. The van der Waals surface area contributed by atoms with E-state index >= 15 is 0 Å². The van der Waals surface area contributed by atoms with Crippen molar-refractivity contribution in [3.8, 4) is 0 Å². The Bertz CT molecular complexity index is 713. The van der Waals surface area contributed by atoms with Gasteiger partial charge in [0.2, 0.25) is 0 Å². The third-order valence-electron chi connectivity index (χ3n) is 5.46. The highest BCUT2D eigenvalue weighted by Crippen LogP contribution is 2.41. The van der Waals surface area contributed by atoms with Crippen molar-refractivity contribution in [3.05, 3.63) is 36.0 Å². The summed E-state index contributed by atoms with van der Waals surface area (Å²) in [7, 11) is 2.09. The number of carbonyl (C=O) groups is 1. The fraction of sp³-hybridized carbons (Fsp3) is 0.529. The van der Waals surface area contributed by atoms with E-state index in [-0.39, 0.29) is 5.91 Å². The molecule has 1 saturated carbocycles. The van der Waals surface area contributed by atoms with E-state index in [4.69, 9.17) is 0 Å². The Morgan fingerprint density at radius 2 is 2.17 bits per heavy atom. The lowest BCUT2D eigenvalue weighted by Gasteiger charge is -2.30. The zero-order valence-electron chi connectivity index (χ0n) is 14.0. The van der Waals surface area contributed by atoms with Gasteiger partial charge in [-0.1, -0.05) is 0 Å². The minimum Gasteiger partial charge on any atom is -0.355 e. The van der Waals surface area contributed by atoms with Gasteiger partial charge in [-0.25, -0.2) is 4.98 Å². The normalized spacial score (nSPS) is 25.8. The molecule has 0 unspecified atom stereocenters. The third kappa shape index (κ3) is 2.53. The molecular formula is C17H22N6O. The Labute approximate surface area is 141 Å². The lowest BCUT2D eigenvalue weighted by Crippen LogP contribution is -2.39. The number of H-pyrrole nitrogens is 1. The quantitative estimate of drug-likeness (QED) is 0.925. The van der Waals surface area contributed by atoms with E-state index in [0.717, 1.165) is 37.4 Å². The summed E-state index contributed by atoms with van der Waals surface area (Å²) in [5.74, 6) is 2.02. The summed E-state index contributed by atoms with van der Waals surface area (Å²) in [6, 6.07) is 2.15. The monoisotopic (exact) mass is 326 g/mol. The average Bonchev–Trinajstić information content (AvgIpc) is 3.31. The highest BCUT2D eigenvalue weighted by atomic mass is 16.2. The number of aromatic amines is 1. The molecule has 7 heteroatoms. The molecule has 24 heavy (non-hydrogen) atoms. The molecule has 1 aliphatic carbocycles. The molecule has 7 nitrogen and oxygen atoms in total. The van der Waals surface area contributed by atoms with Gasteiger partial charge in [-0.15, -0.1) is 0 Å². The average molecular weight is 326 g/mol. The van der Waals surface area contributed by atoms with Crippen LogP contribution in [0.4, 0.5) is 5.82 Å². The molecule has 2 aromatic rings. The summed E-state index contributed by atoms with van der Waals surface area (Å²) in [5.41, 5.74) is 1.50. The SMILES string of the molecule is Cc1cnc(N(C)[C@@H]2CC[C@@H]3CN(C(=O)c4ccn[nH]4)C[C@@H]32)cn1. The molecule has 0 aromatic carbocycles. The molecule has 2 fully saturated rings. The smallest absolute Gasteiger partial charge is 0.271 e. The molecule has 2 aromatic heterocycles. The van der Waals surface area contributed by atoms with Crippen LogP contribution < -0.4 is 4.90 Å². The first kappa shape index (κ1) is 15.1. The molecular weight excluding hydrogens is 304 g/mol. The Kier molecular flexibility index (Phi) is 3.70. The molecule has 1 N–H and O–H groups in total. The van der Waals surface area contributed by atoms with Gasteiger partial charge in [0, 0.05) is 38.3 Å². The lowest BCUT2D eigenvalue weighted by atomic mass is 9.97. The number of hydrogen-bond acceptors (Lipinski definition) is 5. The largest absolute Gasteiger partial charge is 0.355 e. The summed E-state index contributed by atoms with van der Waals surface area (Å²) in [6.45, 7) is 3.58. The second-order valence-electron chi connectivity index (χ2n) is 6.88. The molecule has 3 atom stereocenters. The fourth-order valence-electron chi connectivity index (χ4n) is 4.17. The van der Waals surface area contributed by atoms with Gasteiger partial charge in [-0.2, -0.15) is 5.10 Å². The number of rotatable bonds is 3. The van der Waals surface area contributed by atoms with Crippen molar-refractivity contribution in [1.29, 1.82) is 0 Å². The van der Waals surface area contributed by atoms with Crippen molar-refractivity contribution in [3.63, 3.8) is 0 Å². The van der Waals surface area contributed by atoms with E-state index in [2.05, 4.69) is 32.1 Å². The Morgan fingerprint density at radius 1 is 1.29 bits per heavy atom. The maximum Gasteiger partial charge on any atom is 0.271 e. The van der Waals surface area contributed by atoms with Crippen molar-refractivity contribution < 1.29 is 4.79 Å². The standard InChI is InChI=1S/C17H22N6O/c1-11-7-19-16(8-18-11)22(2)15-4-3-12-9-23(10-13(12)15)17(24)14-5-6-20-21-14/h5-8,12-13,15H,3-4,9-10H2,1-2H3,(H,20,21)/t12-,13+,15-/m1/s1. The summed E-state index contributed by atoms with van der Waals surface area (Å²) in [5, 5.41) is 6.66. The zero-order chi connectivity index (χ0) is 16.7. The van der Waals surface area contributed by atoms with Crippen molar-refractivity contribution in [1.82, 2.24) is 25.1 Å². The minimum atomic E-state index is 0.0541. The van der Waals surface area contributed by atoms with E-state index in [0.29, 0.717) is 23.6 Å². The molecule has 3 heterocycles.